The quantitative estimate of drug-likeness (QED) is 0.794. The maximum atomic E-state index is 10.8. The Hall–Kier alpha value is -1.29. The summed E-state index contributed by atoms with van der Waals surface area (Å²) in [6, 6.07) is 3.40. The van der Waals surface area contributed by atoms with E-state index in [1.165, 1.54) is 6.07 Å². The lowest BCUT2D eigenvalue weighted by atomic mass is 10.2. The molecule has 17 heavy (non-hydrogen) atoms. The van der Waals surface area contributed by atoms with Gasteiger partial charge in [-0.05, 0) is 45.0 Å². The molecule has 0 saturated carbocycles. The third-order valence-corrected chi connectivity index (χ3v) is 2.82. The van der Waals surface area contributed by atoms with Gasteiger partial charge in [-0.15, -0.1) is 0 Å². The van der Waals surface area contributed by atoms with Crippen LogP contribution in [0, 0.1) is 0 Å². The second-order valence-corrected chi connectivity index (χ2v) is 4.22. The van der Waals surface area contributed by atoms with Gasteiger partial charge in [-0.2, -0.15) is 0 Å². The largest absolute Gasteiger partial charge is 0.475 e. The molecule has 0 saturated heterocycles. The van der Waals surface area contributed by atoms with E-state index in [9.17, 15) is 4.79 Å². The van der Waals surface area contributed by atoms with Gasteiger partial charge in [-0.1, -0.05) is 13.8 Å². The highest BCUT2D eigenvalue weighted by molar-refractivity contribution is 5.84. The van der Waals surface area contributed by atoms with Gasteiger partial charge in [0.05, 0.1) is 6.04 Å². The van der Waals surface area contributed by atoms with Crippen LogP contribution in [0.2, 0.25) is 0 Å². The predicted octanol–water partition coefficient (Wildman–Crippen LogP) is 3.16. The van der Waals surface area contributed by atoms with E-state index in [0.717, 1.165) is 31.7 Å². The van der Waals surface area contributed by atoms with E-state index in [-0.39, 0.29) is 11.8 Å². The zero-order valence-corrected chi connectivity index (χ0v) is 10.8. The van der Waals surface area contributed by atoms with E-state index in [4.69, 9.17) is 9.52 Å². The molecule has 0 aromatic carbocycles. The number of hydrogen-bond donors (Lipinski definition) is 1. The fourth-order valence-electron chi connectivity index (χ4n) is 1.95. The molecule has 96 valence electrons. The minimum atomic E-state index is -1.01. The fraction of sp³-hybridized carbons (Fsp3) is 0.615. The summed E-state index contributed by atoms with van der Waals surface area (Å²) >= 11 is 0. The Morgan fingerprint density at radius 1 is 1.35 bits per heavy atom. The molecule has 1 rings (SSSR count). The maximum Gasteiger partial charge on any atom is 0.371 e. The van der Waals surface area contributed by atoms with Gasteiger partial charge in [0.2, 0.25) is 5.76 Å². The number of furan rings is 1. The van der Waals surface area contributed by atoms with Crippen molar-refractivity contribution in [2.45, 2.75) is 39.7 Å². The Morgan fingerprint density at radius 2 is 1.94 bits per heavy atom. The molecule has 0 aliphatic rings. The molecular formula is C13H21NO3. The monoisotopic (exact) mass is 239 g/mol. The van der Waals surface area contributed by atoms with Crippen LogP contribution < -0.4 is 0 Å². The normalized spacial score (nSPS) is 12.9. The molecule has 1 heterocycles. The van der Waals surface area contributed by atoms with Gasteiger partial charge >= 0.3 is 5.97 Å². The van der Waals surface area contributed by atoms with Crippen LogP contribution in [0.4, 0.5) is 0 Å². The summed E-state index contributed by atoms with van der Waals surface area (Å²) in [5.74, 6) is -0.273. The van der Waals surface area contributed by atoms with Crippen molar-refractivity contribution >= 4 is 5.97 Å². The van der Waals surface area contributed by atoms with Gasteiger partial charge in [-0.25, -0.2) is 4.79 Å². The summed E-state index contributed by atoms with van der Waals surface area (Å²) in [4.78, 5) is 13.1. The molecule has 0 spiro atoms. The molecular weight excluding hydrogens is 218 g/mol. The standard InChI is InChI=1S/C13H21NO3/c1-4-8-14(9-5-2)10(3)11-6-7-12(17-11)13(15)16/h6-7,10H,4-5,8-9H2,1-3H3,(H,15,16). The SMILES string of the molecule is CCCN(CCC)C(C)c1ccc(C(=O)O)o1. The van der Waals surface area contributed by atoms with E-state index >= 15 is 0 Å². The molecule has 1 aromatic rings. The van der Waals surface area contributed by atoms with Crippen molar-refractivity contribution in [1.29, 1.82) is 0 Å². The Kier molecular flexibility index (Phi) is 5.22. The molecule has 1 unspecified atom stereocenters. The molecule has 4 heteroatoms. The Balaban J connectivity index is 2.77. The van der Waals surface area contributed by atoms with E-state index < -0.39 is 5.97 Å². The topological polar surface area (TPSA) is 53.7 Å². The minimum absolute atomic E-state index is 0.0137. The first kappa shape index (κ1) is 13.8. The highest BCUT2D eigenvalue weighted by Gasteiger charge is 2.19. The summed E-state index contributed by atoms with van der Waals surface area (Å²) in [5.41, 5.74) is 0. The van der Waals surface area contributed by atoms with Crippen molar-refractivity contribution < 1.29 is 14.3 Å². The molecule has 1 atom stereocenters. The van der Waals surface area contributed by atoms with Crippen LogP contribution in [0.1, 0.15) is 56.0 Å². The van der Waals surface area contributed by atoms with Crippen molar-refractivity contribution in [2.24, 2.45) is 0 Å². The summed E-state index contributed by atoms with van der Waals surface area (Å²) in [6.07, 6.45) is 2.16. The molecule has 0 fully saturated rings. The van der Waals surface area contributed by atoms with Crippen molar-refractivity contribution in [3.8, 4) is 0 Å². The van der Waals surface area contributed by atoms with Gasteiger partial charge in [0, 0.05) is 0 Å². The first-order chi connectivity index (χ1) is 8.10. The van der Waals surface area contributed by atoms with Crippen LogP contribution in [0.15, 0.2) is 16.5 Å². The second kappa shape index (κ2) is 6.45. The highest BCUT2D eigenvalue weighted by atomic mass is 16.4. The Bertz CT molecular complexity index is 353. The van der Waals surface area contributed by atoms with E-state index in [0.29, 0.717) is 0 Å². The van der Waals surface area contributed by atoms with Crippen molar-refractivity contribution in [3.05, 3.63) is 23.7 Å². The number of carboxylic acid groups (broad SMARTS) is 1. The molecule has 0 radical (unpaired) electrons. The van der Waals surface area contributed by atoms with Crippen LogP contribution in [0.25, 0.3) is 0 Å². The highest BCUT2D eigenvalue weighted by Crippen LogP contribution is 2.23. The number of rotatable bonds is 7. The molecule has 0 aliphatic heterocycles. The van der Waals surface area contributed by atoms with Crippen LogP contribution in [-0.2, 0) is 0 Å². The molecule has 4 nitrogen and oxygen atoms in total. The molecule has 0 aliphatic carbocycles. The third kappa shape index (κ3) is 3.60. The van der Waals surface area contributed by atoms with E-state index in [2.05, 4.69) is 25.7 Å². The lowest BCUT2D eigenvalue weighted by Crippen LogP contribution is -2.28. The number of nitrogens with zero attached hydrogens (tertiary/aromatic N) is 1. The first-order valence-electron chi connectivity index (χ1n) is 6.17. The maximum absolute atomic E-state index is 10.8. The summed E-state index contributed by atoms with van der Waals surface area (Å²) < 4.78 is 5.34. The van der Waals surface area contributed by atoms with Crippen molar-refractivity contribution in [2.75, 3.05) is 13.1 Å². The predicted molar refractivity (Wildman–Crippen MR) is 66.2 cm³/mol. The Morgan fingerprint density at radius 3 is 2.35 bits per heavy atom. The fourth-order valence-corrected chi connectivity index (χ4v) is 1.95. The number of carbonyl (C=O) groups is 1. The summed E-state index contributed by atoms with van der Waals surface area (Å²) in [7, 11) is 0. The number of hydrogen-bond acceptors (Lipinski definition) is 3. The van der Waals surface area contributed by atoms with Crippen LogP contribution in [0.3, 0.4) is 0 Å². The molecule has 0 amide bonds. The smallest absolute Gasteiger partial charge is 0.371 e. The first-order valence-corrected chi connectivity index (χ1v) is 6.17. The average Bonchev–Trinajstić information content (AvgIpc) is 2.77. The van der Waals surface area contributed by atoms with Crippen LogP contribution in [0.5, 0.6) is 0 Å². The van der Waals surface area contributed by atoms with E-state index in [1.807, 2.05) is 0 Å². The van der Waals surface area contributed by atoms with Crippen molar-refractivity contribution in [1.82, 2.24) is 4.90 Å². The molecule has 1 N–H and O–H groups in total. The zero-order valence-electron chi connectivity index (χ0n) is 10.8. The lowest BCUT2D eigenvalue weighted by molar-refractivity contribution is 0.0655. The van der Waals surface area contributed by atoms with Gasteiger partial charge in [0.15, 0.2) is 0 Å². The number of carboxylic acids is 1. The average molecular weight is 239 g/mol. The van der Waals surface area contributed by atoms with Crippen LogP contribution in [-0.4, -0.2) is 29.1 Å². The summed E-state index contributed by atoms with van der Waals surface area (Å²) in [5, 5.41) is 8.82. The van der Waals surface area contributed by atoms with Gasteiger partial charge in [0.25, 0.3) is 0 Å². The third-order valence-electron chi connectivity index (χ3n) is 2.82. The molecule has 1 aromatic heterocycles. The second-order valence-electron chi connectivity index (χ2n) is 4.22. The zero-order chi connectivity index (χ0) is 12.8. The van der Waals surface area contributed by atoms with Crippen LogP contribution >= 0.6 is 0 Å². The Labute approximate surface area is 102 Å². The minimum Gasteiger partial charge on any atom is -0.475 e. The van der Waals surface area contributed by atoms with Crippen molar-refractivity contribution in [3.63, 3.8) is 0 Å². The van der Waals surface area contributed by atoms with Gasteiger partial charge in [-0.3, -0.25) is 4.90 Å². The molecule has 0 bridgehead atoms. The summed E-state index contributed by atoms with van der Waals surface area (Å²) in [6.45, 7) is 8.33. The lowest BCUT2D eigenvalue weighted by Gasteiger charge is -2.26. The van der Waals surface area contributed by atoms with E-state index in [1.54, 1.807) is 6.07 Å². The van der Waals surface area contributed by atoms with Gasteiger partial charge in [0.1, 0.15) is 5.76 Å². The van der Waals surface area contributed by atoms with Gasteiger partial charge < -0.3 is 9.52 Å². The number of aromatic carboxylic acids is 1.